The van der Waals surface area contributed by atoms with Crippen LogP contribution in [-0.4, -0.2) is 28.3 Å². The van der Waals surface area contributed by atoms with Gasteiger partial charge in [0.25, 0.3) is 0 Å². The number of amides is 2. The summed E-state index contributed by atoms with van der Waals surface area (Å²) < 4.78 is 0. The van der Waals surface area contributed by atoms with Gasteiger partial charge in [-0.1, -0.05) is 66.2 Å². The summed E-state index contributed by atoms with van der Waals surface area (Å²) in [4.78, 5) is 40.2. The van der Waals surface area contributed by atoms with Crippen LogP contribution in [0.3, 0.4) is 0 Å². The van der Waals surface area contributed by atoms with E-state index in [-0.39, 0.29) is 6.42 Å². The first-order valence-electron chi connectivity index (χ1n) is 11.3. The van der Waals surface area contributed by atoms with Crippen molar-refractivity contribution in [1.82, 2.24) is 0 Å². The van der Waals surface area contributed by atoms with Gasteiger partial charge in [0.05, 0.1) is 11.5 Å². The Kier molecular flexibility index (Phi) is 6.61. The zero-order chi connectivity index (χ0) is 24.3. The first-order valence-corrected chi connectivity index (χ1v) is 11.3. The number of nitrogens with one attached hydrogen (secondary N) is 2. The number of rotatable bonds is 5. The summed E-state index contributed by atoms with van der Waals surface area (Å²) in [5.74, 6) is -4.33. The molecular weight excluding hydrogens is 428 g/mol. The largest absolute Gasteiger partial charge is 0.389 e. The maximum atomic E-state index is 13.6. The Morgan fingerprint density at radius 2 is 1.32 bits per heavy atom. The molecular formula is C28H28N2O4. The number of benzene rings is 3. The van der Waals surface area contributed by atoms with Crippen molar-refractivity contribution < 1.29 is 19.5 Å². The van der Waals surface area contributed by atoms with E-state index in [4.69, 9.17) is 0 Å². The second-order valence-corrected chi connectivity index (χ2v) is 9.10. The number of para-hydroxylation sites is 2. The molecule has 3 aromatic rings. The van der Waals surface area contributed by atoms with Crippen LogP contribution in [0.2, 0.25) is 0 Å². The number of hydrogen-bond donors (Lipinski definition) is 3. The van der Waals surface area contributed by atoms with Gasteiger partial charge in [0.15, 0.2) is 0 Å². The molecule has 0 aliphatic heterocycles. The molecule has 0 saturated heterocycles. The molecule has 0 radical (unpaired) electrons. The molecule has 1 fully saturated rings. The van der Waals surface area contributed by atoms with Gasteiger partial charge in [0.2, 0.25) is 11.8 Å². The Balaban J connectivity index is 1.76. The van der Waals surface area contributed by atoms with E-state index in [0.29, 0.717) is 16.9 Å². The molecule has 1 aliphatic rings. The summed E-state index contributed by atoms with van der Waals surface area (Å²) >= 11 is 0. The van der Waals surface area contributed by atoms with Gasteiger partial charge in [-0.15, -0.1) is 0 Å². The highest BCUT2D eigenvalue weighted by atomic mass is 16.3. The van der Waals surface area contributed by atoms with E-state index in [2.05, 4.69) is 10.6 Å². The Bertz CT molecular complexity index is 1170. The van der Waals surface area contributed by atoms with E-state index in [1.807, 2.05) is 43.3 Å². The molecule has 0 aromatic heterocycles. The third-order valence-corrected chi connectivity index (χ3v) is 6.38. The van der Waals surface area contributed by atoms with Gasteiger partial charge >= 0.3 is 0 Å². The van der Waals surface area contributed by atoms with Crippen LogP contribution >= 0.6 is 0 Å². The lowest BCUT2D eigenvalue weighted by Gasteiger charge is -2.44. The van der Waals surface area contributed by atoms with E-state index in [1.165, 1.54) is 6.92 Å². The molecule has 1 saturated carbocycles. The van der Waals surface area contributed by atoms with Crippen molar-refractivity contribution in [2.45, 2.75) is 31.8 Å². The molecule has 3 N–H and O–H groups in total. The van der Waals surface area contributed by atoms with Crippen LogP contribution in [0.1, 0.15) is 30.4 Å². The standard InChI is InChI=1S/C28H28N2O4/c1-18-13-15-19(16-14-18)23-24(26(32)29-20-9-5-3-6-10-20)22(31)17-28(2,34)25(23)27(33)30-21-11-7-4-8-12-21/h3-16,23-25,34H,17H2,1-2H3,(H,29,32)(H,30,33). The quantitative estimate of drug-likeness (QED) is 0.499. The molecule has 34 heavy (non-hydrogen) atoms. The maximum Gasteiger partial charge on any atom is 0.235 e. The summed E-state index contributed by atoms with van der Waals surface area (Å²) in [5, 5.41) is 17.0. The van der Waals surface area contributed by atoms with Crippen molar-refractivity contribution in [2.75, 3.05) is 10.6 Å². The zero-order valence-corrected chi connectivity index (χ0v) is 19.2. The fourth-order valence-corrected chi connectivity index (χ4v) is 4.76. The second-order valence-electron chi connectivity index (χ2n) is 9.10. The average molecular weight is 457 g/mol. The number of Topliss-reactive ketones (excluding diaryl/α,β-unsaturated/α-hetero) is 1. The number of hydrogen-bond acceptors (Lipinski definition) is 4. The molecule has 0 heterocycles. The van der Waals surface area contributed by atoms with E-state index in [1.54, 1.807) is 48.5 Å². The number of aryl methyl sites for hydroxylation is 1. The molecule has 4 atom stereocenters. The van der Waals surface area contributed by atoms with Crippen molar-refractivity contribution in [3.63, 3.8) is 0 Å². The minimum atomic E-state index is -1.63. The summed E-state index contributed by atoms with van der Waals surface area (Å²) in [6.45, 7) is 3.43. The van der Waals surface area contributed by atoms with Gasteiger partial charge in [-0.25, -0.2) is 0 Å². The lowest BCUT2D eigenvalue weighted by Crippen LogP contribution is -2.56. The third-order valence-electron chi connectivity index (χ3n) is 6.38. The van der Waals surface area contributed by atoms with E-state index in [9.17, 15) is 19.5 Å². The van der Waals surface area contributed by atoms with Gasteiger partial charge in [-0.3, -0.25) is 14.4 Å². The van der Waals surface area contributed by atoms with Crippen LogP contribution in [-0.2, 0) is 14.4 Å². The minimum Gasteiger partial charge on any atom is -0.389 e. The van der Waals surface area contributed by atoms with E-state index >= 15 is 0 Å². The van der Waals surface area contributed by atoms with Crippen LogP contribution < -0.4 is 10.6 Å². The Morgan fingerprint density at radius 1 is 0.824 bits per heavy atom. The van der Waals surface area contributed by atoms with E-state index in [0.717, 1.165) is 5.56 Å². The monoisotopic (exact) mass is 456 g/mol. The molecule has 174 valence electrons. The number of carbonyl (C=O) groups is 3. The first kappa shape index (κ1) is 23.4. The molecule has 4 unspecified atom stereocenters. The number of carbonyl (C=O) groups excluding carboxylic acids is 3. The summed E-state index contributed by atoms with van der Waals surface area (Å²) in [7, 11) is 0. The Hall–Kier alpha value is -3.77. The van der Waals surface area contributed by atoms with Crippen LogP contribution in [0.15, 0.2) is 84.9 Å². The highest BCUT2D eigenvalue weighted by molar-refractivity contribution is 6.10. The molecule has 4 rings (SSSR count). The molecule has 6 heteroatoms. The summed E-state index contributed by atoms with van der Waals surface area (Å²) in [5.41, 5.74) is 1.17. The smallest absolute Gasteiger partial charge is 0.235 e. The van der Waals surface area contributed by atoms with Gasteiger partial charge in [0, 0.05) is 23.7 Å². The number of aliphatic hydroxyl groups is 1. The van der Waals surface area contributed by atoms with Crippen LogP contribution in [0.25, 0.3) is 0 Å². The highest BCUT2D eigenvalue weighted by Crippen LogP contribution is 2.46. The molecule has 3 aromatic carbocycles. The topological polar surface area (TPSA) is 95.5 Å². The van der Waals surface area contributed by atoms with Crippen LogP contribution in [0.5, 0.6) is 0 Å². The predicted molar refractivity (Wildman–Crippen MR) is 131 cm³/mol. The van der Waals surface area contributed by atoms with Crippen LogP contribution in [0.4, 0.5) is 11.4 Å². The van der Waals surface area contributed by atoms with Crippen molar-refractivity contribution in [2.24, 2.45) is 11.8 Å². The number of anilines is 2. The fraction of sp³-hybridized carbons (Fsp3) is 0.250. The number of ketones is 1. The highest BCUT2D eigenvalue weighted by Gasteiger charge is 2.55. The SMILES string of the molecule is Cc1ccc(C2C(C(=O)Nc3ccccc3)C(=O)CC(C)(O)C2C(=O)Nc2ccccc2)cc1. The van der Waals surface area contributed by atoms with Gasteiger partial charge < -0.3 is 15.7 Å². The summed E-state index contributed by atoms with van der Waals surface area (Å²) in [6.07, 6.45) is -0.297. The van der Waals surface area contributed by atoms with Gasteiger partial charge in [-0.05, 0) is 43.7 Å². The van der Waals surface area contributed by atoms with Crippen molar-refractivity contribution in [1.29, 1.82) is 0 Å². The normalized spacial score (nSPS) is 24.3. The molecule has 0 spiro atoms. The van der Waals surface area contributed by atoms with Crippen molar-refractivity contribution in [3.8, 4) is 0 Å². The fourth-order valence-electron chi connectivity index (χ4n) is 4.76. The second kappa shape index (κ2) is 9.61. The molecule has 2 amide bonds. The first-order chi connectivity index (χ1) is 16.3. The Morgan fingerprint density at radius 3 is 1.85 bits per heavy atom. The van der Waals surface area contributed by atoms with Crippen molar-refractivity contribution in [3.05, 3.63) is 96.1 Å². The minimum absolute atomic E-state index is 0.297. The predicted octanol–water partition coefficient (Wildman–Crippen LogP) is 4.31. The Labute approximate surface area is 199 Å². The van der Waals surface area contributed by atoms with Crippen LogP contribution in [0, 0.1) is 18.8 Å². The summed E-state index contributed by atoms with van der Waals surface area (Å²) in [6, 6.07) is 25.2. The lowest BCUT2D eigenvalue weighted by atomic mass is 9.61. The van der Waals surface area contributed by atoms with Crippen molar-refractivity contribution >= 4 is 29.0 Å². The maximum absolute atomic E-state index is 13.6. The van der Waals surface area contributed by atoms with E-state index < -0.39 is 41.0 Å². The lowest BCUT2D eigenvalue weighted by molar-refractivity contribution is -0.150. The van der Waals surface area contributed by atoms with Gasteiger partial charge in [-0.2, -0.15) is 0 Å². The third kappa shape index (κ3) is 4.92. The molecule has 6 nitrogen and oxygen atoms in total. The average Bonchev–Trinajstić information content (AvgIpc) is 2.79. The molecule has 0 bridgehead atoms. The molecule has 1 aliphatic carbocycles. The van der Waals surface area contributed by atoms with Gasteiger partial charge in [0.1, 0.15) is 11.7 Å². The zero-order valence-electron chi connectivity index (χ0n) is 19.2.